The maximum atomic E-state index is 12.1. The summed E-state index contributed by atoms with van der Waals surface area (Å²) in [6, 6.07) is 18.9. The van der Waals surface area contributed by atoms with Crippen LogP contribution in [0.4, 0.5) is 0 Å². The lowest BCUT2D eigenvalue weighted by Crippen LogP contribution is -2.15. The monoisotopic (exact) mass is 365 g/mol. The lowest BCUT2D eigenvalue weighted by Gasteiger charge is -2.10. The highest BCUT2D eigenvalue weighted by Crippen LogP contribution is 2.05. The fourth-order valence-electron chi connectivity index (χ4n) is 2.25. The van der Waals surface area contributed by atoms with Crippen LogP contribution in [-0.2, 0) is 20.9 Å². The summed E-state index contributed by atoms with van der Waals surface area (Å²) in [5, 5.41) is 11.9. The number of carbonyl (C=O) groups excluding carboxylic acids is 1. The Hall–Kier alpha value is -3.34. The molecule has 0 saturated carbocycles. The highest BCUT2D eigenvalue weighted by Gasteiger charge is 2.10. The van der Waals surface area contributed by atoms with Crippen LogP contribution < -0.4 is 5.11 Å². The molecular formula is C22H23NO4. The first kappa shape index (κ1) is 20.0. The van der Waals surface area contributed by atoms with Crippen molar-refractivity contribution >= 4 is 12.2 Å². The van der Waals surface area contributed by atoms with E-state index in [1.165, 1.54) is 12.3 Å². The van der Waals surface area contributed by atoms with E-state index in [1.54, 1.807) is 24.6 Å². The van der Waals surface area contributed by atoms with Crippen LogP contribution in [0.2, 0.25) is 0 Å². The van der Waals surface area contributed by atoms with Crippen LogP contribution in [0.3, 0.4) is 0 Å². The number of benzene rings is 2. The molecule has 27 heavy (non-hydrogen) atoms. The van der Waals surface area contributed by atoms with Gasteiger partial charge in [-0.05, 0) is 24.3 Å². The number of nitrogens with zero attached hydrogens (tertiary/aromatic N) is 1. The standard InChI is InChI=1S/C22H23NO4/c1-3-26-22(25)16-23(15-19-10-6-4-7-11-19)18(2)14-21(24)27-17-20-12-8-5-9-13-20/h4-16H,3,17H2,1-2H3/b18-14+,22-16+,23-15?. The number of hydrogen-bond donors (Lipinski definition) is 0. The van der Waals surface area contributed by atoms with Crippen molar-refractivity contribution in [2.24, 2.45) is 0 Å². The van der Waals surface area contributed by atoms with Crippen molar-refractivity contribution in [3.8, 4) is 0 Å². The highest BCUT2D eigenvalue weighted by molar-refractivity contribution is 5.82. The van der Waals surface area contributed by atoms with Gasteiger partial charge in [0.05, 0.1) is 6.08 Å². The largest absolute Gasteiger partial charge is 0.610 e. The molecule has 0 heterocycles. The van der Waals surface area contributed by atoms with E-state index in [-0.39, 0.29) is 13.2 Å². The van der Waals surface area contributed by atoms with E-state index < -0.39 is 11.9 Å². The smallest absolute Gasteiger partial charge is 0.337 e. The van der Waals surface area contributed by atoms with Gasteiger partial charge in [0.25, 0.3) is 0 Å². The Morgan fingerprint density at radius 2 is 1.67 bits per heavy atom. The van der Waals surface area contributed by atoms with Gasteiger partial charge < -0.3 is 14.6 Å². The quantitative estimate of drug-likeness (QED) is 0.237. The van der Waals surface area contributed by atoms with E-state index in [9.17, 15) is 9.90 Å². The van der Waals surface area contributed by atoms with E-state index in [0.717, 1.165) is 11.1 Å². The first-order valence-corrected chi connectivity index (χ1v) is 8.67. The Morgan fingerprint density at radius 3 is 2.30 bits per heavy atom. The predicted octanol–water partition coefficient (Wildman–Crippen LogP) is 2.96. The first-order chi connectivity index (χ1) is 13.1. The second-order valence-electron chi connectivity index (χ2n) is 5.71. The molecule has 140 valence electrons. The summed E-state index contributed by atoms with van der Waals surface area (Å²) in [6.07, 6.45) is 4.39. The van der Waals surface area contributed by atoms with Gasteiger partial charge in [0.15, 0.2) is 18.1 Å². The Kier molecular flexibility index (Phi) is 7.85. The number of allylic oxidation sites excluding steroid dienone is 1. The molecule has 0 spiro atoms. The summed E-state index contributed by atoms with van der Waals surface area (Å²) in [7, 11) is 0. The average Bonchev–Trinajstić information content (AvgIpc) is 2.67. The number of carbonyl (C=O) groups is 1. The number of ether oxygens (including phenoxy) is 2. The van der Waals surface area contributed by atoms with Gasteiger partial charge >= 0.3 is 5.97 Å². The van der Waals surface area contributed by atoms with E-state index in [1.807, 2.05) is 60.7 Å². The van der Waals surface area contributed by atoms with Crippen LogP contribution in [0.5, 0.6) is 0 Å². The van der Waals surface area contributed by atoms with Crippen molar-refractivity contribution in [1.82, 2.24) is 0 Å². The van der Waals surface area contributed by atoms with E-state index in [0.29, 0.717) is 5.70 Å². The van der Waals surface area contributed by atoms with Crippen molar-refractivity contribution in [2.75, 3.05) is 6.61 Å². The van der Waals surface area contributed by atoms with Crippen LogP contribution >= 0.6 is 0 Å². The summed E-state index contributed by atoms with van der Waals surface area (Å²) < 4.78 is 11.8. The highest BCUT2D eigenvalue weighted by atomic mass is 16.6. The number of rotatable bonds is 8. The lowest BCUT2D eigenvalue weighted by atomic mass is 10.2. The Morgan fingerprint density at radius 1 is 1.04 bits per heavy atom. The topological polar surface area (TPSA) is 61.6 Å². The Balaban J connectivity index is 2.17. The van der Waals surface area contributed by atoms with Crippen LogP contribution in [0, 0.1) is 0 Å². The minimum absolute atomic E-state index is 0.188. The zero-order valence-corrected chi connectivity index (χ0v) is 15.5. The SMILES string of the molecule is CCO/C([O-])=C/[N+](=Cc1ccccc1)/C(C)=C/C(=O)OCc1ccccc1. The molecular weight excluding hydrogens is 342 g/mol. The van der Waals surface area contributed by atoms with Gasteiger partial charge in [-0.1, -0.05) is 55.5 Å². The minimum Gasteiger partial charge on any atom is -0.610 e. The van der Waals surface area contributed by atoms with Gasteiger partial charge in [0.1, 0.15) is 12.6 Å². The number of hydrogen-bond acceptors (Lipinski definition) is 4. The lowest BCUT2D eigenvalue weighted by molar-refractivity contribution is -0.430. The van der Waals surface area contributed by atoms with E-state index in [2.05, 4.69) is 0 Å². The molecule has 0 radical (unpaired) electrons. The number of esters is 1. The molecule has 0 bridgehead atoms. The third kappa shape index (κ3) is 7.20. The molecule has 0 N–H and O–H groups in total. The molecule has 0 fully saturated rings. The van der Waals surface area contributed by atoms with Gasteiger partial charge in [-0.15, -0.1) is 0 Å². The van der Waals surface area contributed by atoms with Gasteiger partial charge in [-0.3, -0.25) is 0 Å². The van der Waals surface area contributed by atoms with Crippen molar-refractivity contribution in [3.05, 3.63) is 95.7 Å². The Labute approximate surface area is 159 Å². The third-order valence-electron chi connectivity index (χ3n) is 3.58. The van der Waals surface area contributed by atoms with Gasteiger partial charge in [-0.2, -0.15) is 4.58 Å². The molecule has 2 aromatic rings. The summed E-state index contributed by atoms with van der Waals surface area (Å²) >= 11 is 0. The van der Waals surface area contributed by atoms with Crippen molar-refractivity contribution in [1.29, 1.82) is 0 Å². The zero-order valence-electron chi connectivity index (χ0n) is 15.5. The zero-order chi connectivity index (χ0) is 19.5. The second kappa shape index (κ2) is 10.6. The molecule has 0 unspecified atom stereocenters. The minimum atomic E-state index is -0.491. The van der Waals surface area contributed by atoms with Crippen LogP contribution in [-0.4, -0.2) is 23.4 Å². The fourth-order valence-corrected chi connectivity index (χ4v) is 2.25. The molecule has 0 aliphatic heterocycles. The first-order valence-electron chi connectivity index (χ1n) is 8.67. The summed E-state index contributed by atoms with van der Waals surface area (Å²) in [5.41, 5.74) is 2.32. The predicted molar refractivity (Wildman–Crippen MR) is 102 cm³/mol. The molecule has 0 aromatic heterocycles. The fraction of sp³-hybridized carbons (Fsp3) is 0.182. The third-order valence-corrected chi connectivity index (χ3v) is 3.58. The normalized spacial score (nSPS) is 12.6. The molecule has 0 amide bonds. The maximum absolute atomic E-state index is 12.1. The second-order valence-corrected chi connectivity index (χ2v) is 5.71. The van der Waals surface area contributed by atoms with Gasteiger partial charge in [0.2, 0.25) is 0 Å². The van der Waals surface area contributed by atoms with Crippen molar-refractivity contribution < 1.29 is 24.0 Å². The van der Waals surface area contributed by atoms with Crippen LogP contribution in [0.15, 0.2) is 84.6 Å². The summed E-state index contributed by atoms with van der Waals surface area (Å²) in [5.74, 6) is -0.977. The Bertz CT molecular complexity index is 824. The van der Waals surface area contributed by atoms with E-state index >= 15 is 0 Å². The van der Waals surface area contributed by atoms with Crippen LogP contribution in [0.25, 0.3) is 0 Å². The van der Waals surface area contributed by atoms with Gasteiger partial charge in [0, 0.05) is 12.5 Å². The molecule has 0 atom stereocenters. The molecule has 5 nitrogen and oxygen atoms in total. The molecule has 2 aromatic carbocycles. The molecule has 0 aliphatic carbocycles. The summed E-state index contributed by atoms with van der Waals surface area (Å²) in [6.45, 7) is 3.92. The molecule has 0 aliphatic rings. The van der Waals surface area contributed by atoms with Gasteiger partial charge in [-0.25, -0.2) is 4.79 Å². The molecule has 2 rings (SSSR count). The van der Waals surface area contributed by atoms with Crippen molar-refractivity contribution in [2.45, 2.75) is 20.5 Å². The maximum Gasteiger partial charge on any atom is 0.337 e. The summed E-state index contributed by atoms with van der Waals surface area (Å²) in [4.78, 5) is 12.1. The molecule has 0 saturated heterocycles. The van der Waals surface area contributed by atoms with Crippen molar-refractivity contribution in [3.63, 3.8) is 0 Å². The average molecular weight is 365 g/mol. The van der Waals surface area contributed by atoms with E-state index in [4.69, 9.17) is 9.47 Å². The van der Waals surface area contributed by atoms with Crippen LogP contribution in [0.1, 0.15) is 25.0 Å². The molecule has 5 heteroatoms.